The van der Waals surface area contributed by atoms with Crippen molar-refractivity contribution in [2.45, 2.75) is 6.92 Å². The van der Waals surface area contributed by atoms with Crippen molar-refractivity contribution in [2.75, 3.05) is 48.1 Å². The minimum Gasteiger partial charge on any atom is -0.493 e. The number of amides is 1. The molecule has 0 aliphatic heterocycles. The quantitative estimate of drug-likeness (QED) is 0.636. The van der Waals surface area contributed by atoms with Gasteiger partial charge < -0.3 is 23.8 Å². The van der Waals surface area contributed by atoms with Crippen LogP contribution in [0.2, 0.25) is 0 Å². The van der Waals surface area contributed by atoms with E-state index in [2.05, 4.69) is 0 Å². The molecule has 0 N–H and O–H groups in total. The second-order valence-corrected chi connectivity index (χ2v) is 5.24. The van der Waals surface area contributed by atoms with Crippen LogP contribution in [-0.4, -0.2) is 64.9 Å². The number of ether oxygens (including phenoxy) is 4. The Balaban J connectivity index is 3.00. The summed E-state index contributed by atoms with van der Waals surface area (Å²) in [5, 5.41) is 0. The summed E-state index contributed by atoms with van der Waals surface area (Å²) in [5.74, 6) is -0.00582. The summed E-state index contributed by atoms with van der Waals surface area (Å²) in [6.07, 6.45) is 0. The smallest absolute Gasteiger partial charge is 0.310 e. The molecule has 134 valence electrons. The Morgan fingerprint density at radius 2 is 1.75 bits per heavy atom. The summed E-state index contributed by atoms with van der Waals surface area (Å²) in [4.78, 5) is 26.0. The second kappa shape index (κ2) is 9.77. The van der Waals surface area contributed by atoms with E-state index in [1.807, 2.05) is 0 Å². The third-order valence-corrected chi connectivity index (χ3v) is 3.58. The molecule has 24 heavy (non-hydrogen) atoms. The van der Waals surface area contributed by atoms with Gasteiger partial charge in [0.25, 0.3) is 5.91 Å². The maximum Gasteiger partial charge on any atom is 0.310 e. The first-order valence-corrected chi connectivity index (χ1v) is 7.56. The highest BCUT2D eigenvalue weighted by molar-refractivity contribution is 5.95. The lowest BCUT2D eigenvalue weighted by Gasteiger charge is -2.25. The van der Waals surface area contributed by atoms with Crippen LogP contribution in [-0.2, 0) is 14.3 Å². The molecule has 0 aliphatic carbocycles. The van der Waals surface area contributed by atoms with Crippen LogP contribution in [0.3, 0.4) is 0 Å². The molecule has 0 aromatic heterocycles. The van der Waals surface area contributed by atoms with E-state index in [0.717, 1.165) is 0 Å². The maximum atomic E-state index is 12.8. The van der Waals surface area contributed by atoms with Gasteiger partial charge in [-0.25, -0.2) is 0 Å². The van der Waals surface area contributed by atoms with E-state index in [0.29, 0.717) is 30.2 Å². The van der Waals surface area contributed by atoms with Crippen molar-refractivity contribution in [1.82, 2.24) is 4.90 Å². The predicted molar refractivity (Wildman–Crippen MR) is 88.5 cm³/mol. The molecule has 0 bridgehead atoms. The molecular weight excluding hydrogens is 314 g/mol. The molecule has 0 saturated heterocycles. The van der Waals surface area contributed by atoms with E-state index in [-0.39, 0.29) is 18.4 Å². The fraction of sp³-hybridized carbons (Fsp3) is 0.529. The molecule has 1 atom stereocenters. The topological polar surface area (TPSA) is 74.3 Å². The molecule has 0 heterocycles. The molecular formula is C17H25NO6. The molecule has 1 aromatic carbocycles. The van der Waals surface area contributed by atoms with E-state index >= 15 is 0 Å². The van der Waals surface area contributed by atoms with Crippen LogP contribution in [0.1, 0.15) is 17.3 Å². The summed E-state index contributed by atoms with van der Waals surface area (Å²) in [6.45, 7) is 2.69. The Kier molecular flexibility index (Phi) is 8.05. The van der Waals surface area contributed by atoms with Crippen molar-refractivity contribution in [1.29, 1.82) is 0 Å². The molecule has 1 amide bonds. The molecule has 0 radical (unpaired) electrons. The molecule has 7 nitrogen and oxygen atoms in total. The largest absolute Gasteiger partial charge is 0.493 e. The maximum absolute atomic E-state index is 12.8. The lowest BCUT2D eigenvalue weighted by atomic mass is 10.1. The van der Waals surface area contributed by atoms with Crippen LogP contribution in [0.15, 0.2) is 18.2 Å². The summed E-state index contributed by atoms with van der Waals surface area (Å²) < 4.78 is 20.2. The van der Waals surface area contributed by atoms with Gasteiger partial charge in [0.05, 0.1) is 33.9 Å². The fourth-order valence-corrected chi connectivity index (χ4v) is 2.24. The third kappa shape index (κ3) is 5.13. The van der Waals surface area contributed by atoms with Gasteiger partial charge in [-0.05, 0) is 18.2 Å². The number of rotatable bonds is 9. The molecule has 1 unspecified atom stereocenters. The first kappa shape index (κ1) is 19.8. The zero-order chi connectivity index (χ0) is 18.1. The minimum absolute atomic E-state index is 0.219. The van der Waals surface area contributed by atoms with Gasteiger partial charge in [0.15, 0.2) is 11.5 Å². The van der Waals surface area contributed by atoms with Gasteiger partial charge in [-0.1, -0.05) is 6.92 Å². The molecule has 0 aliphatic rings. The first-order chi connectivity index (χ1) is 11.5. The van der Waals surface area contributed by atoms with Gasteiger partial charge in [0.2, 0.25) is 0 Å². The lowest BCUT2D eigenvalue weighted by Crippen LogP contribution is -2.39. The lowest BCUT2D eigenvalue weighted by molar-refractivity contribution is -0.145. The fourth-order valence-electron chi connectivity index (χ4n) is 2.24. The van der Waals surface area contributed by atoms with Crippen molar-refractivity contribution < 1.29 is 28.5 Å². The van der Waals surface area contributed by atoms with Crippen molar-refractivity contribution in [3.8, 4) is 11.5 Å². The summed E-state index contributed by atoms with van der Waals surface area (Å²) in [6, 6.07) is 4.94. The van der Waals surface area contributed by atoms with Gasteiger partial charge in [0, 0.05) is 25.8 Å². The minimum atomic E-state index is -0.434. The number of carbonyl (C=O) groups is 2. The number of methoxy groups -OCH3 is 4. The number of hydrogen-bond acceptors (Lipinski definition) is 6. The number of benzene rings is 1. The highest BCUT2D eigenvalue weighted by Crippen LogP contribution is 2.28. The van der Waals surface area contributed by atoms with Crippen molar-refractivity contribution in [2.24, 2.45) is 5.92 Å². The zero-order valence-electron chi connectivity index (χ0n) is 14.8. The van der Waals surface area contributed by atoms with Crippen molar-refractivity contribution >= 4 is 11.9 Å². The van der Waals surface area contributed by atoms with E-state index in [1.165, 1.54) is 21.3 Å². The van der Waals surface area contributed by atoms with Gasteiger partial charge >= 0.3 is 5.97 Å². The van der Waals surface area contributed by atoms with Crippen molar-refractivity contribution in [3.63, 3.8) is 0 Å². The molecule has 0 fully saturated rings. The third-order valence-electron chi connectivity index (χ3n) is 3.58. The monoisotopic (exact) mass is 339 g/mol. The number of esters is 1. The van der Waals surface area contributed by atoms with Gasteiger partial charge in [0.1, 0.15) is 0 Å². The highest BCUT2D eigenvalue weighted by atomic mass is 16.5. The zero-order valence-corrected chi connectivity index (χ0v) is 14.8. The van der Waals surface area contributed by atoms with E-state index < -0.39 is 5.92 Å². The Morgan fingerprint density at radius 3 is 2.29 bits per heavy atom. The molecule has 7 heteroatoms. The Bertz CT molecular complexity index is 560. The first-order valence-electron chi connectivity index (χ1n) is 7.56. The standard InChI is InChI=1S/C17H25NO6/c1-12(17(20)24-5)11-18(8-9-21-2)16(19)13-6-7-14(22-3)15(10-13)23-4/h6-7,10,12H,8-9,11H2,1-5H3. The SMILES string of the molecule is COCCN(CC(C)C(=O)OC)C(=O)c1ccc(OC)c(OC)c1. The van der Waals surface area contributed by atoms with Crippen LogP contribution < -0.4 is 9.47 Å². The van der Waals surface area contributed by atoms with Gasteiger partial charge in [-0.3, -0.25) is 9.59 Å². The predicted octanol–water partition coefficient (Wildman–Crippen LogP) is 1.60. The second-order valence-electron chi connectivity index (χ2n) is 5.24. The summed E-state index contributed by atoms with van der Waals surface area (Å²) in [5.41, 5.74) is 0.445. The Labute approximate surface area is 142 Å². The average Bonchev–Trinajstić information content (AvgIpc) is 2.62. The summed E-state index contributed by atoms with van der Waals surface area (Å²) >= 11 is 0. The van der Waals surface area contributed by atoms with Crippen LogP contribution >= 0.6 is 0 Å². The average molecular weight is 339 g/mol. The van der Waals surface area contributed by atoms with Crippen LogP contribution in [0.4, 0.5) is 0 Å². The van der Waals surface area contributed by atoms with Crippen LogP contribution in [0.25, 0.3) is 0 Å². The Morgan fingerprint density at radius 1 is 1.08 bits per heavy atom. The van der Waals surface area contributed by atoms with E-state index in [9.17, 15) is 9.59 Å². The summed E-state index contributed by atoms with van der Waals surface area (Å²) in [7, 11) is 5.92. The normalized spacial score (nSPS) is 11.5. The number of nitrogens with zero attached hydrogens (tertiary/aromatic N) is 1. The van der Waals surface area contributed by atoms with Gasteiger partial charge in [-0.2, -0.15) is 0 Å². The number of carbonyl (C=O) groups excluding carboxylic acids is 2. The Hall–Kier alpha value is -2.28. The van der Waals surface area contributed by atoms with Crippen LogP contribution in [0, 0.1) is 5.92 Å². The van der Waals surface area contributed by atoms with E-state index in [4.69, 9.17) is 18.9 Å². The molecule has 1 rings (SSSR count). The van der Waals surface area contributed by atoms with Crippen LogP contribution in [0.5, 0.6) is 11.5 Å². The van der Waals surface area contributed by atoms with E-state index in [1.54, 1.807) is 37.1 Å². The van der Waals surface area contributed by atoms with Crippen molar-refractivity contribution in [3.05, 3.63) is 23.8 Å². The number of hydrogen-bond donors (Lipinski definition) is 0. The molecule has 0 spiro atoms. The highest BCUT2D eigenvalue weighted by Gasteiger charge is 2.23. The van der Waals surface area contributed by atoms with Gasteiger partial charge in [-0.15, -0.1) is 0 Å². The molecule has 1 aromatic rings. The molecule has 0 saturated carbocycles.